The van der Waals surface area contributed by atoms with Gasteiger partial charge in [-0.2, -0.15) is 0 Å². The Morgan fingerprint density at radius 1 is 1.21 bits per heavy atom. The molecule has 0 radical (unpaired) electrons. The number of hydrogen-bond acceptors (Lipinski definition) is 7. The molecule has 2 aliphatic rings. The Morgan fingerprint density at radius 2 is 2.00 bits per heavy atom. The third-order valence-corrected chi connectivity index (χ3v) is 6.09. The maximum Gasteiger partial charge on any atom is 0.310 e. The molecule has 0 aromatic carbocycles. The van der Waals surface area contributed by atoms with Crippen molar-refractivity contribution in [3.63, 3.8) is 0 Å². The number of nitrogens with zero attached hydrogens (tertiary/aromatic N) is 4. The van der Waals surface area contributed by atoms with Crippen molar-refractivity contribution in [2.24, 2.45) is 5.92 Å². The van der Waals surface area contributed by atoms with Crippen LogP contribution in [-0.2, 0) is 14.3 Å². The number of ether oxygens (including phenoxy) is 1. The average molecular weight is 427 g/mol. The van der Waals surface area contributed by atoms with Crippen LogP contribution < -0.4 is 4.90 Å². The molecule has 2 fully saturated rings. The normalized spacial score (nSPS) is 20.1. The lowest BCUT2D eigenvalue weighted by atomic mass is 9.98. The van der Waals surface area contributed by atoms with E-state index in [1.807, 2.05) is 0 Å². The minimum atomic E-state index is -0.226. The van der Waals surface area contributed by atoms with E-state index in [0.717, 1.165) is 44.6 Å². The summed E-state index contributed by atoms with van der Waals surface area (Å²) < 4.78 is 5.10. The molecular formula is C19H27ClN4O3S. The van der Waals surface area contributed by atoms with Crippen LogP contribution in [0.2, 0.25) is 5.15 Å². The minimum Gasteiger partial charge on any atom is -0.466 e. The van der Waals surface area contributed by atoms with Gasteiger partial charge in [0.2, 0.25) is 5.91 Å². The smallest absolute Gasteiger partial charge is 0.310 e. The van der Waals surface area contributed by atoms with Gasteiger partial charge in [0.1, 0.15) is 11.0 Å². The first-order valence-corrected chi connectivity index (χ1v) is 11.3. The highest BCUT2D eigenvalue weighted by Gasteiger charge is 2.29. The zero-order valence-electron chi connectivity index (χ0n) is 16.2. The summed E-state index contributed by atoms with van der Waals surface area (Å²) in [5.41, 5.74) is 0. The van der Waals surface area contributed by atoms with Gasteiger partial charge in [-0.15, -0.1) is 0 Å². The van der Waals surface area contributed by atoms with Crippen molar-refractivity contribution in [2.45, 2.75) is 44.2 Å². The Labute approximate surface area is 175 Å². The van der Waals surface area contributed by atoms with Crippen molar-refractivity contribution < 1.29 is 14.3 Å². The molecule has 7 nitrogen and oxygen atoms in total. The first-order chi connectivity index (χ1) is 13.6. The number of thioether (sulfide) groups is 1. The molecule has 3 heterocycles. The fourth-order valence-electron chi connectivity index (χ4n) is 3.61. The van der Waals surface area contributed by atoms with Crippen LogP contribution >= 0.6 is 23.4 Å². The number of hydrogen-bond donors (Lipinski definition) is 0. The molecule has 3 rings (SSSR count). The summed E-state index contributed by atoms with van der Waals surface area (Å²) in [6, 6.07) is 1.79. The summed E-state index contributed by atoms with van der Waals surface area (Å²) in [6.45, 7) is 5.20. The first-order valence-electron chi connectivity index (χ1n) is 9.93. The zero-order chi connectivity index (χ0) is 19.9. The van der Waals surface area contributed by atoms with Crippen LogP contribution in [0, 0.1) is 5.92 Å². The van der Waals surface area contributed by atoms with E-state index in [2.05, 4.69) is 14.9 Å². The fraction of sp³-hybridized carbons (Fsp3) is 0.684. The third kappa shape index (κ3) is 5.73. The van der Waals surface area contributed by atoms with Crippen LogP contribution in [0.25, 0.3) is 0 Å². The van der Waals surface area contributed by atoms with Crippen molar-refractivity contribution in [3.8, 4) is 0 Å². The number of anilines is 1. The molecule has 28 heavy (non-hydrogen) atoms. The summed E-state index contributed by atoms with van der Waals surface area (Å²) in [7, 11) is 0. The molecule has 2 saturated heterocycles. The highest BCUT2D eigenvalue weighted by molar-refractivity contribution is 7.99. The van der Waals surface area contributed by atoms with Crippen LogP contribution in [-0.4, -0.2) is 65.3 Å². The highest BCUT2D eigenvalue weighted by Crippen LogP contribution is 2.25. The Balaban J connectivity index is 1.56. The Morgan fingerprint density at radius 3 is 2.75 bits per heavy atom. The molecule has 9 heteroatoms. The molecule has 1 unspecified atom stereocenters. The molecule has 0 N–H and O–H groups in total. The van der Waals surface area contributed by atoms with Crippen LogP contribution in [0.3, 0.4) is 0 Å². The SMILES string of the molecule is CCOC(=O)C1CCCN(C(=O)CSc2nc(Cl)cc(N3CCCCC3)n2)C1. The van der Waals surface area contributed by atoms with Gasteiger partial charge in [-0.05, 0) is 39.0 Å². The molecule has 2 aliphatic heterocycles. The van der Waals surface area contributed by atoms with Crippen molar-refractivity contribution in [2.75, 3.05) is 43.4 Å². The summed E-state index contributed by atoms with van der Waals surface area (Å²) >= 11 is 7.47. The number of aromatic nitrogens is 2. The number of halogens is 1. The van der Waals surface area contributed by atoms with E-state index >= 15 is 0 Å². The second-order valence-corrected chi connectivity index (χ2v) is 8.43. The van der Waals surface area contributed by atoms with E-state index in [1.165, 1.54) is 18.2 Å². The van der Waals surface area contributed by atoms with Crippen molar-refractivity contribution in [3.05, 3.63) is 11.2 Å². The Hall–Kier alpha value is -1.54. The van der Waals surface area contributed by atoms with Gasteiger partial charge >= 0.3 is 5.97 Å². The van der Waals surface area contributed by atoms with Gasteiger partial charge in [0.25, 0.3) is 0 Å². The summed E-state index contributed by atoms with van der Waals surface area (Å²) in [5, 5.41) is 0.909. The minimum absolute atomic E-state index is 0.0119. The third-order valence-electron chi connectivity index (χ3n) is 5.06. The van der Waals surface area contributed by atoms with Crippen LogP contribution in [0.5, 0.6) is 0 Å². The van der Waals surface area contributed by atoms with Crippen molar-refractivity contribution in [1.82, 2.24) is 14.9 Å². The Kier molecular flexibility index (Phi) is 7.79. The van der Waals surface area contributed by atoms with E-state index in [1.54, 1.807) is 17.9 Å². The first kappa shape index (κ1) is 21.2. The number of carbonyl (C=O) groups is 2. The molecular weight excluding hydrogens is 400 g/mol. The number of esters is 1. The number of likely N-dealkylation sites (tertiary alicyclic amines) is 1. The molecule has 154 valence electrons. The summed E-state index contributed by atoms with van der Waals surface area (Å²) in [5.74, 6) is 0.611. The lowest BCUT2D eigenvalue weighted by Gasteiger charge is -2.31. The average Bonchev–Trinajstić information content (AvgIpc) is 2.72. The largest absolute Gasteiger partial charge is 0.466 e. The lowest BCUT2D eigenvalue weighted by Crippen LogP contribution is -2.43. The predicted molar refractivity (Wildman–Crippen MR) is 110 cm³/mol. The summed E-state index contributed by atoms with van der Waals surface area (Å²) in [4.78, 5) is 37.4. The van der Waals surface area contributed by atoms with E-state index in [4.69, 9.17) is 16.3 Å². The molecule has 1 aromatic rings. The highest BCUT2D eigenvalue weighted by atomic mass is 35.5. The standard InChI is InChI=1S/C19H27ClN4O3S/c1-2-27-18(26)14-7-6-10-24(12-14)17(25)13-28-19-21-15(20)11-16(22-19)23-8-4-3-5-9-23/h11,14H,2-10,12-13H2,1H3. The van der Waals surface area contributed by atoms with E-state index in [-0.39, 0.29) is 23.5 Å². The van der Waals surface area contributed by atoms with Gasteiger partial charge in [-0.1, -0.05) is 23.4 Å². The molecule has 0 saturated carbocycles. The number of rotatable bonds is 6. The van der Waals surface area contributed by atoms with Crippen LogP contribution in [0.15, 0.2) is 11.2 Å². The van der Waals surface area contributed by atoms with Crippen LogP contribution in [0.1, 0.15) is 39.0 Å². The van der Waals surface area contributed by atoms with E-state index in [0.29, 0.717) is 30.0 Å². The monoisotopic (exact) mass is 426 g/mol. The quantitative estimate of drug-likeness (QED) is 0.299. The summed E-state index contributed by atoms with van der Waals surface area (Å²) in [6.07, 6.45) is 5.13. The molecule has 0 spiro atoms. The zero-order valence-corrected chi connectivity index (χ0v) is 17.8. The molecule has 0 aliphatic carbocycles. The van der Waals surface area contributed by atoms with Gasteiger partial charge in [0.15, 0.2) is 5.16 Å². The van der Waals surface area contributed by atoms with E-state index < -0.39 is 0 Å². The molecule has 0 bridgehead atoms. The van der Waals surface area contributed by atoms with Gasteiger partial charge in [-0.3, -0.25) is 9.59 Å². The maximum absolute atomic E-state index is 12.6. The second-order valence-electron chi connectivity index (χ2n) is 7.10. The molecule has 1 aromatic heterocycles. The fourth-order valence-corrected chi connectivity index (χ4v) is 4.59. The van der Waals surface area contributed by atoms with Crippen LogP contribution in [0.4, 0.5) is 5.82 Å². The maximum atomic E-state index is 12.6. The number of amides is 1. The van der Waals surface area contributed by atoms with E-state index in [9.17, 15) is 9.59 Å². The molecule has 1 atom stereocenters. The topological polar surface area (TPSA) is 75.6 Å². The number of carbonyl (C=O) groups excluding carboxylic acids is 2. The van der Waals surface area contributed by atoms with Gasteiger partial charge in [0, 0.05) is 32.2 Å². The van der Waals surface area contributed by atoms with Gasteiger partial charge < -0.3 is 14.5 Å². The lowest BCUT2D eigenvalue weighted by molar-refractivity contribution is -0.151. The Bertz CT molecular complexity index is 700. The van der Waals surface area contributed by atoms with Gasteiger partial charge in [-0.25, -0.2) is 9.97 Å². The van der Waals surface area contributed by atoms with Gasteiger partial charge in [0.05, 0.1) is 18.3 Å². The van der Waals surface area contributed by atoms with Crippen molar-refractivity contribution in [1.29, 1.82) is 0 Å². The predicted octanol–water partition coefficient (Wildman–Crippen LogP) is 3.01. The second kappa shape index (κ2) is 10.3. The number of piperidine rings is 2. The van der Waals surface area contributed by atoms with Crippen molar-refractivity contribution >= 4 is 41.1 Å². The molecule has 1 amide bonds.